The summed E-state index contributed by atoms with van der Waals surface area (Å²) in [5, 5.41) is 11.9. The van der Waals surface area contributed by atoms with E-state index in [1.807, 2.05) is 0 Å². The van der Waals surface area contributed by atoms with Crippen LogP contribution < -0.4 is 16.2 Å². The number of carbonyl (C=O) groups is 1. The van der Waals surface area contributed by atoms with Crippen molar-refractivity contribution >= 4 is 28.3 Å². The number of hydrogen-bond acceptors (Lipinski definition) is 8. The highest BCUT2D eigenvalue weighted by Crippen LogP contribution is 2.18. The lowest BCUT2D eigenvalue weighted by atomic mass is 10.4. The lowest BCUT2D eigenvalue weighted by Crippen LogP contribution is -2.27. The standard InChI is InChI=1S/C15H15N7O2S/c23-12-4-1-8-19-22(12)9-3-7-16-13(24)11-10-25-15(20-11)21-14-17-5-2-6-18-14/h1-2,4-6,8,10H,3,7,9H2,(H,16,24)(H,17,18,20,21). The summed E-state index contributed by atoms with van der Waals surface area (Å²) in [6, 6.07) is 4.76. The van der Waals surface area contributed by atoms with Crippen LogP contribution in [0.1, 0.15) is 16.9 Å². The lowest BCUT2D eigenvalue weighted by Gasteiger charge is -2.04. The summed E-state index contributed by atoms with van der Waals surface area (Å²) < 4.78 is 1.36. The van der Waals surface area contributed by atoms with Crippen LogP contribution in [0.5, 0.6) is 0 Å². The second-order valence-corrected chi connectivity index (χ2v) is 5.79. The molecule has 0 aliphatic carbocycles. The number of nitrogens with zero attached hydrogens (tertiary/aromatic N) is 5. The number of rotatable bonds is 7. The van der Waals surface area contributed by atoms with E-state index in [1.54, 1.807) is 36.1 Å². The molecule has 0 aliphatic rings. The smallest absolute Gasteiger partial charge is 0.270 e. The molecule has 0 radical (unpaired) electrons. The number of amides is 1. The molecule has 0 fully saturated rings. The van der Waals surface area contributed by atoms with Crippen molar-refractivity contribution < 1.29 is 4.79 Å². The van der Waals surface area contributed by atoms with Gasteiger partial charge in [0.2, 0.25) is 5.95 Å². The number of hydrogen-bond donors (Lipinski definition) is 2. The van der Waals surface area contributed by atoms with Gasteiger partial charge in [0, 0.05) is 43.1 Å². The van der Waals surface area contributed by atoms with Crippen molar-refractivity contribution in [2.45, 2.75) is 13.0 Å². The molecular formula is C15H15N7O2S. The Morgan fingerprint density at radius 2 is 2.04 bits per heavy atom. The average molecular weight is 357 g/mol. The Morgan fingerprint density at radius 3 is 2.84 bits per heavy atom. The molecule has 0 saturated heterocycles. The summed E-state index contributed by atoms with van der Waals surface area (Å²) in [6.45, 7) is 0.860. The third-order valence-electron chi connectivity index (χ3n) is 3.14. The third-order valence-corrected chi connectivity index (χ3v) is 3.90. The maximum absolute atomic E-state index is 12.1. The molecule has 9 nitrogen and oxygen atoms in total. The van der Waals surface area contributed by atoms with Crippen LogP contribution in [-0.2, 0) is 6.54 Å². The van der Waals surface area contributed by atoms with E-state index >= 15 is 0 Å². The molecule has 0 aromatic carbocycles. The zero-order valence-corrected chi connectivity index (χ0v) is 13.9. The van der Waals surface area contributed by atoms with Crippen molar-refractivity contribution in [3.8, 4) is 0 Å². The van der Waals surface area contributed by atoms with E-state index in [2.05, 4.69) is 30.7 Å². The van der Waals surface area contributed by atoms with Gasteiger partial charge in [-0.15, -0.1) is 11.3 Å². The molecule has 0 atom stereocenters. The number of nitrogens with one attached hydrogen (secondary N) is 2. The largest absolute Gasteiger partial charge is 0.351 e. The first-order valence-electron chi connectivity index (χ1n) is 7.52. The molecule has 0 bridgehead atoms. The zero-order valence-electron chi connectivity index (χ0n) is 13.1. The molecule has 0 spiro atoms. The summed E-state index contributed by atoms with van der Waals surface area (Å²) in [5.74, 6) is 0.149. The van der Waals surface area contributed by atoms with Gasteiger partial charge in [0.25, 0.3) is 11.5 Å². The zero-order chi connectivity index (χ0) is 17.5. The van der Waals surface area contributed by atoms with E-state index in [0.717, 1.165) is 0 Å². The van der Waals surface area contributed by atoms with Crippen LogP contribution in [0.3, 0.4) is 0 Å². The molecule has 0 unspecified atom stereocenters. The maximum Gasteiger partial charge on any atom is 0.270 e. The number of aryl methyl sites for hydroxylation is 1. The van der Waals surface area contributed by atoms with Crippen molar-refractivity contribution in [1.82, 2.24) is 30.0 Å². The summed E-state index contributed by atoms with van der Waals surface area (Å²) in [6.07, 6.45) is 5.38. The maximum atomic E-state index is 12.1. The lowest BCUT2D eigenvalue weighted by molar-refractivity contribution is 0.0948. The number of anilines is 2. The van der Waals surface area contributed by atoms with Gasteiger partial charge in [-0.25, -0.2) is 19.6 Å². The molecule has 10 heteroatoms. The Balaban J connectivity index is 1.47. The van der Waals surface area contributed by atoms with E-state index in [4.69, 9.17) is 0 Å². The number of aromatic nitrogens is 5. The fourth-order valence-electron chi connectivity index (χ4n) is 1.97. The van der Waals surface area contributed by atoms with Crippen LogP contribution in [0.2, 0.25) is 0 Å². The van der Waals surface area contributed by atoms with E-state index in [1.165, 1.54) is 22.1 Å². The molecule has 1 amide bonds. The van der Waals surface area contributed by atoms with E-state index in [-0.39, 0.29) is 11.5 Å². The third kappa shape index (κ3) is 4.67. The predicted octanol–water partition coefficient (Wildman–Crippen LogP) is 1.05. The monoisotopic (exact) mass is 357 g/mol. The van der Waals surface area contributed by atoms with Gasteiger partial charge in [0.05, 0.1) is 0 Å². The van der Waals surface area contributed by atoms with Crippen molar-refractivity contribution in [2.75, 3.05) is 11.9 Å². The second-order valence-electron chi connectivity index (χ2n) is 4.93. The van der Waals surface area contributed by atoms with Gasteiger partial charge in [0.15, 0.2) is 5.13 Å². The number of thiazole rings is 1. The Kier molecular flexibility index (Phi) is 5.42. The van der Waals surface area contributed by atoms with E-state index in [9.17, 15) is 9.59 Å². The van der Waals surface area contributed by atoms with Crippen LogP contribution in [0.25, 0.3) is 0 Å². The Hall–Kier alpha value is -3.14. The predicted molar refractivity (Wildman–Crippen MR) is 92.9 cm³/mol. The first-order chi connectivity index (χ1) is 12.2. The highest BCUT2D eigenvalue weighted by molar-refractivity contribution is 7.14. The van der Waals surface area contributed by atoms with Gasteiger partial charge in [-0.3, -0.25) is 9.59 Å². The molecule has 128 valence electrons. The van der Waals surface area contributed by atoms with Crippen molar-refractivity contribution in [3.05, 3.63) is 58.2 Å². The summed E-state index contributed by atoms with van der Waals surface area (Å²) >= 11 is 1.29. The van der Waals surface area contributed by atoms with Gasteiger partial charge in [-0.1, -0.05) is 0 Å². The minimum Gasteiger partial charge on any atom is -0.351 e. The van der Waals surface area contributed by atoms with Gasteiger partial charge >= 0.3 is 0 Å². The highest BCUT2D eigenvalue weighted by Gasteiger charge is 2.11. The van der Waals surface area contributed by atoms with Crippen LogP contribution in [0.4, 0.5) is 11.1 Å². The average Bonchev–Trinajstić information content (AvgIpc) is 3.09. The van der Waals surface area contributed by atoms with Crippen molar-refractivity contribution in [2.24, 2.45) is 0 Å². The van der Waals surface area contributed by atoms with Gasteiger partial charge in [-0.2, -0.15) is 5.10 Å². The van der Waals surface area contributed by atoms with E-state index < -0.39 is 0 Å². The quantitative estimate of drug-likeness (QED) is 0.607. The Bertz CT molecular complexity index is 894. The minimum atomic E-state index is -0.272. The molecule has 3 heterocycles. The highest BCUT2D eigenvalue weighted by atomic mass is 32.1. The molecular weight excluding hydrogens is 342 g/mol. The Morgan fingerprint density at radius 1 is 1.20 bits per heavy atom. The van der Waals surface area contributed by atoms with Crippen LogP contribution in [0, 0.1) is 0 Å². The summed E-state index contributed by atoms with van der Waals surface area (Å²) in [4.78, 5) is 35.9. The fraction of sp³-hybridized carbons (Fsp3) is 0.200. The first-order valence-corrected chi connectivity index (χ1v) is 8.40. The molecule has 0 saturated carbocycles. The molecule has 25 heavy (non-hydrogen) atoms. The molecule has 2 N–H and O–H groups in total. The molecule has 3 aromatic rings. The minimum absolute atomic E-state index is 0.160. The van der Waals surface area contributed by atoms with Crippen LogP contribution in [0.15, 0.2) is 47.0 Å². The second kappa shape index (κ2) is 8.11. The van der Waals surface area contributed by atoms with Gasteiger partial charge in [-0.05, 0) is 18.6 Å². The summed E-state index contributed by atoms with van der Waals surface area (Å²) in [5.41, 5.74) is 0.158. The Labute approximate surface area is 146 Å². The van der Waals surface area contributed by atoms with Crippen LogP contribution >= 0.6 is 11.3 Å². The van der Waals surface area contributed by atoms with Gasteiger partial charge < -0.3 is 10.6 Å². The molecule has 3 aromatic heterocycles. The van der Waals surface area contributed by atoms with Crippen LogP contribution in [-0.4, -0.2) is 37.2 Å². The topological polar surface area (TPSA) is 115 Å². The summed E-state index contributed by atoms with van der Waals surface area (Å²) in [7, 11) is 0. The molecule has 0 aliphatic heterocycles. The number of carbonyl (C=O) groups excluding carboxylic acids is 1. The van der Waals surface area contributed by atoms with Crippen molar-refractivity contribution in [1.29, 1.82) is 0 Å². The normalized spacial score (nSPS) is 10.4. The van der Waals surface area contributed by atoms with Crippen molar-refractivity contribution in [3.63, 3.8) is 0 Å². The van der Waals surface area contributed by atoms with Gasteiger partial charge in [0.1, 0.15) is 5.69 Å². The first kappa shape index (κ1) is 16.7. The SMILES string of the molecule is O=C(NCCCn1ncccc1=O)c1csc(Nc2ncccn2)n1. The van der Waals surface area contributed by atoms with E-state index in [0.29, 0.717) is 36.3 Å². The fourth-order valence-corrected chi connectivity index (χ4v) is 2.66. The molecule has 3 rings (SSSR count).